The molecule has 4 N–H and O–H groups in total. The van der Waals surface area contributed by atoms with Gasteiger partial charge in [-0.2, -0.15) is 5.26 Å². The summed E-state index contributed by atoms with van der Waals surface area (Å²) in [4.78, 5) is 0. The van der Waals surface area contributed by atoms with E-state index in [-0.39, 0.29) is 22.8 Å². The van der Waals surface area contributed by atoms with Crippen molar-refractivity contribution in [2.45, 2.75) is 0 Å². The number of hydrogen-bond acceptors (Lipinski definition) is 7. The second kappa shape index (κ2) is 4.71. The van der Waals surface area contributed by atoms with E-state index in [1.54, 1.807) is 6.07 Å². The third-order valence-corrected chi connectivity index (χ3v) is 2.26. The van der Waals surface area contributed by atoms with Crippen molar-refractivity contribution in [1.82, 2.24) is 10.3 Å². The van der Waals surface area contributed by atoms with E-state index >= 15 is 0 Å². The van der Waals surface area contributed by atoms with Gasteiger partial charge in [0.1, 0.15) is 11.9 Å². The van der Waals surface area contributed by atoms with Gasteiger partial charge in [0, 0.05) is 0 Å². The van der Waals surface area contributed by atoms with Gasteiger partial charge >= 0.3 is 0 Å². The molecule has 0 saturated heterocycles. The molecule has 0 radical (unpaired) electrons. The highest BCUT2D eigenvalue weighted by Gasteiger charge is 2.20. The van der Waals surface area contributed by atoms with Gasteiger partial charge in [-0.25, -0.2) is 14.1 Å². The first-order valence-electron chi connectivity index (χ1n) is 4.90. The molecule has 0 aliphatic rings. The van der Waals surface area contributed by atoms with Gasteiger partial charge in [0.15, 0.2) is 17.3 Å². The van der Waals surface area contributed by atoms with Crippen LogP contribution in [0, 0.1) is 22.6 Å². The minimum Gasteiger partial charge on any atom is -0.379 e. The fourth-order valence-electron chi connectivity index (χ4n) is 1.32. The summed E-state index contributed by atoms with van der Waals surface area (Å²) in [5, 5.41) is 33.2. The molecule has 0 spiro atoms. The van der Waals surface area contributed by atoms with Crippen molar-refractivity contribution in [3.05, 3.63) is 35.3 Å². The predicted molar refractivity (Wildman–Crippen MR) is 60.9 cm³/mol. The SMILES string of the molecule is N#Cc1cc(N(O)C(=N)c2nonc2N)ccc1F. The molecule has 0 amide bonds. The van der Waals surface area contributed by atoms with Crippen LogP contribution in [0.5, 0.6) is 0 Å². The Morgan fingerprint density at radius 3 is 2.84 bits per heavy atom. The number of aromatic nitrogens is 2. The number of hydrogen-bond donors (Lipinski definition) is 3. The van der Waals surface area contributed by atoms with Crippen LogP contribution in [0.1, 0.15) is 11.3 Å². The normalized spacial score (nSPS) is 9.95. The molecule has 2 rings (SSSR count). The summed E-state index contributed by atoms with van der Waals surface area (Å²) < 4.78 is 17.4. The molecule has 0 bridgehead atoms. The smallest absolute Gasteiger partial charge is 0.199 e. The van der Waals surface area contributed by atoms with Gasteiger partial charge in [0.05, 0.1) is 11.3 Å². The van der Waals surface area contributed by atoms with Crippen LogP contribution >= 0.6 is 0 Å². The van der Waals surface area contributed by atoms with Crippen LogP contribution in [-0.4, -0.2) is 21.4 Å². The zero-order valence-corrected chi connectivity index (χ0v) is 9.33. The van der Waals surface area contributed by atoms with E-state index in [1.165, 1.54) is 6.07 Å². The molecular weight excluding hydrogens is 255 g/mol. The van der Waals surface area contributed by atoms with Crippen molar-refractivity contribution < 1.29 is 14.2 Å². The standard InChI is InChI=1S/C10H7FN6O2/c11-7-2-1-6(3-5(7)4-12)17(18)10(14)8-9(13)16-19-15-8/h1-3,14,18H,(H2,13,16). The first-order chi connectivity index (χ1) is 9.04. The van der Waals surface area contributed by atoms with Crippen LogP contribution in [-0.2, 0) is 0 Å². The van der Waals surface area contributed by atoms with Crippen LogP contribution in [0.2, 0.25) is 0 Å². The van der Waals surface area contributed by atoms with E-state index in [0.29, 0.717) is 5.06 Å². The quantitative estimate of drug-likeness (QED) is 0.415. The molecule has 0 aliphatic carbocycles. The first kappa shape index (κ1) is 12.5. The summed E-state index contributed by atoms with van der Waals surface area (Å²) >= 11 is 0. The number of benzene rings is 1. The zero-order chi connectivity index (χ0) is 14.0. The summed E-state index contributed by atoms with van der Waals surface area (Å²) in [6, 6.07) is 4.88. The number of hydroxylamine groups is 1. The van der Waals surface area contributed by atoms with Gasteiger partial charge in [0.25, 0.3) is 0 Å². The van der Waals surface area contributed by atoms with Gasteiger partial charge in [-0.15, -0.1) is 0 Å². The number of halogens is 1. The van der Waals surface area contributed by atoms with E-state index in [2.05, 4.69) is 14.9 Å². The van der Waals surface area contributed by atoms with Gasteiger partial charge in [-0.3, -0.25) is 10.6 Å². The summed E-state index contributed by atoms with van der Waals surface area (Å²) in [7, 11) is 0. The maximum absolute atomic E-state index is 13.1. The molecule has 1 aromatic heterocycles. The van der Waals surface area contributed by atoms with Crippen molar-refractivity contribution in [2.24, 2.45) is 0 Å². The van der Waals surface area contributed by atoms with Gasteiger partial charge in [-0.05, 0) is 28.5 Å². The first-order valence-corrected chi connectivity index (χ1v) is 4.90. The molecule has 0 saturated carbocycles. The van der Waals surface area contributed by atoms with Gasteiger partial charge in [-0.1, -0.05) is 0 Å². The van der Waals surface area contributed by atoms with Crippen molar-refractivity contribution in [3.63, 3.8) is 0 Å². The average molecular weight is 262 g/mol. The molecule has 1 aromatic carbocycles. The maximum atomic E-state index is 13.1. The lowest BCUT2D eigenvalue weighted by Crippen LogP contribution is -2.28. The Labute approximate surface area is 105 Å². The number of nitrogens with two attached hydrogens (primary N) is 1. The van der Waals surface area contributed by atoms with E-state index in [1.807, 2.05) is 0 Å². The topological polar surface area (TPSA) is 136 Å². The Bertz CT molecular complexity index is 677. The molecule has 0 aliphatic heterocycles. The molecule has 9 heteroatoms. The highest BCUT2D eigenvalue weighted by molar-refractivity contribution is 6.07. The molecule has 0 atom stereocenters. The summed E-state index contributed by atoms with van der Waals surface area (Å²) in [5.41, 5.74) is 4.94. The number of nitrogen functional groups attached to an aromatic ring is 1. The number of anilines is 2. The van der Waals surface area contributed by atoms with Gasteiger partial charge in [0.2, 0.25) is 0 Å². The molecule has 96 valence electrons. The molecule has 19 heavy (non-hydrogen) atoms. The Morgan fingerprint density at radius 1 is 1.53 bits per heavy atom. The molecule has 2 aromatic rings. The highest BCUT2D eigenvalue weighted by atomic mass is 19.1. The predicted octanol–water partition coefficient (Wildman–Crippen LogP) is 0.884. The molecule has 1 heterocycles. The van der Waals surface area contributed by atoms with Crippen LogP contribution in [0.25, 0.3) is 0 Å². The summed E-state index contributed by atoms with van der Waals surface area (Å²) in [5.74, 6) is -1.42. The summed E-state index contributed by atoms with van der Waals surface area (Å²) in [6.45, 7) is 0. The lowest BCUT2D eigenvalue weighted by atomic mass is 10.2. The lowest BCUT2D eigenvalue weighted by molar-refractivity contribution is 0.300. The molecule has 0 unspecified atom stereocenters. The number of amidine groups is 1. The minimum atomic E-state index is -0.728. The Morgan fingerprint density at radius 2 is 2.26 bits per heavy atom. The number of nitrogens with zero attached hydrogens (tertiary/aromatic N) is 4. The van der Waals surface area contributed by atoms with Crippen molar-refractivity contribution in [1.29, 1.82) is 10.7 Å². The van der Waals surface area contributed by atoms with E-state index in [0.717, 1.165) is 12.1 Å². The number of nitriles is 1. The maximum Gasteiger partial charge on any atom is 0.199 e. The Balaban J connectivity index is 2.35. The van der Waals surface area contributed by atoms with E-state index in [9.17, 15) is 9.60 Å². The second-order valence-corrected chi connectivity index (χ2v) is 3.43. The average Bonchev–Trinajstić information content (AvgIpc) is 2.84. The highest BCUT2D eigenvalue weighted by Crippen LogP contribution is 2.19. The van der Waals surface area contributed by atoms with Crippen LogP contribution < -0.4 is 10.8 Å². The molecule has 8 nitrogen and oxygen atoms in total. The van der Waals surface area contributed by atoms with Crippen molar-refractivity contribution in [3.8, 4) is 6.07 Å². The fourth-order valence-corrected chi connectivity index (χ4v) is 1.32. The number of rotatable bonds is 2. The minimum absolute atomic E-state index is 0.00495. The lowest BCUT2D eigenvalue weighted by Gasteiger charge is -2.16. The third kappa shape index (κ3) is 2.20. The second-order valence-electron chi connectivity index (χ2n) is 3.43. The van der Waals surface area contributed by atoms with Crippen LogP contribution in [0.15, 0.2) is 22.8 Å². The Kier molecular flexibility index (Phi) is 3.09. The summed E-state index contributed by atoms with van der Waals surface area (Å²) in [6.07, 6.45) is 0. The largest absolute Gasteiger partial charge is 0.379 e. The van der Waals surface area contributed by atoms with Crippen LogP contribution in [0.4, 0.5) is 15.9 Å². The Hall–Kier alpha value is -2.99. The van der Waals surface area contributed by atoms with Crippen molar-refractivity contribution >= 4 is 17.3 Å². The van der Waals surface area contributed by atoms with E-state index in [4.69, 9.17) is 16.4 Å². The molecule has 0 fully saturated rings. The third-order valence-electron chi connectivity index (χ3n) is 2.26. The van der Waals surface area contributed by atoms with Crippen LogP contribution in [0.3, 0.4) is 0 Å². The molecular formula is C10H7FN6O2. The van der Waals surface area contributed by atoms with E-state index < -0.39 is 11.7 Å². The fraction of sp³-hybridized carbons (Fsp3) is 0. The number of nitrogens with one attached hydrogen (secondary N) is 1. The van der Waals surface area contributed by atoms with Crippen molar-refractivity contribution in [2.75, 3.05) is 10.8 Å². The zero-order valence-electron chi connectivity index (χ0n) is 9.33. The van der Waals surface area contributed by atoms with Gasteiger partial charge < -0.3 is 5.73 Å². The monoisotopic (exact) mass is 262 g/mol.